The van der Waals surface area contributed by atoms with Crippen LogP contribution in [0.1, 0.15) is 37.6 Å². The lowest BCUT2D eigenvalue weighted by Crippen LogP contribution is -1.95. The highest BCUT2D eigenvalue weighted by Gasteiger charge is 2.12. The number of rotatable bonds is 4. The van der Waals surface area contributed by atoms with Gasteiger partial charge in [0.05, 0.1) is 5.52 Å². The minimum absolute atomic E-state index is 0.156. The van der Waals surface area contributed by atoms with Crippen LogP contribution in [0.4, 0.5) is 5.82 Å². The third kappa shape index (κ3) is 2.45. The Morgan fingerprint density at radius 2 is 2.10 bits per heavy atom. The van der Waals surface area contributed by atoms with Gasteiger partial charge in [-0.2, -0.15) is 0 Å². The molecule has 0 unspecified atom stereocenters. The molecule has 0 spiro atoms. The summed E-state index contributed by atoms with van der Waals surface area (Å²) in [5.74, 6) is 1.77. The van der Waals surface area contributed by atoms with E-state index >= 15 is 0 Å². The Labute approximate surface area is 123 Å². The Bertz CT molecular complexity index is 792. The van der Waals surface area contributed by atoms with Gasteiger partial charge in [0, 0.05) is 18.4 Å². The number of imidazole rings is 1. The largest absolute Gasteiger partial charge is 0.396 e. The summed E-state index contributed by atoms with van der Waals surface area (Å²) in [4.78, 5) is 12.3. The summed E-state index contributed by atoms with van der Waals surface area (Å²) in [5.41, 5.74) is 9.83. The molecule has 21 heavy (non-hydrogen) atoms. The van der Waals surface area contributed by atoms with Crippen molar-refractivity contribution < 1.29 is 5.11 Å². The average molecular weight is 284 g/mol. The molecule has 5 heteroatoms. The smallest absolute Gasteiger partial charge is 0.150 e. The molecule has 1 aromatic carbocycles. The number of nitrogen functional groups attached to an aromatic ring is 1. The van der Waals surface area contributed by atoms with Crippen LogP contribution in [0.2, 0.25) is 0 Å². The number of pyridine rings is 1. The number of aromatic amines is 1. The molecule has 0 radical (unpaired) electrons. The van der Waals surface area contributed by atoms with E-state index in [1.54, 1.807) is 0 Å². The van der Waals surface area contributed by atoms with Crippen molar-refractivity contribution in [3.63, 3.8) is 0 Å². The van der Waals surface area contributed by atoms with Gasteiger partial charge in [0.2, 0.25) is 0 Å². The topological polar surface area (TPSA) is 87.8 Å². The number of anilines is 1. The summed E-state index contributed by atoms with van der Waals surface area (Å²) < 4.78 is 0. The van der Waals surface area contributed by atoms with Gasteiger partial charge in [-0.05, 0) is 24.0 Å². The molecule has 0 saturated heterocycles. The second kappa shape index (κ2) is 5.33. The molecule has 0 atom stereocenters. The van der Waals surface area contributed by atoms with E-state index in [0.29, 0.717) is 24.6 Å². The fraction of sp³-hybridized carbons (Fsp3) is 0.375. The maximum Gasteiger partial charge on any atom is 0.150 e. The number of nitrogens with one attached hydrogen (secondary N) is 1. The monoisotopic (exact) mass is 284 g/mol. The van der Waals surface area contributed by atoms with Crippen LogP contribution in [-0.4, -0.2) is 26.7 Å². The second-order valence-corrected chi connectivity index (χ2v) is 5.66. The number of aliphatic hydroxyl groups excluding tert-OH is 1. The predicted octanol–water partition coefficient (Wildman–Crippen LogP) is 2.74. The Morgan fingerprint density at radius 3 is 2.81 bits per heavy atom. The van der Waals surface area contributed by atoms with Crippen molar-refractivity contribution in [3.05, 3.63) is 29.6 Å². The number of nitrogens with two attached hydrogens (primary N) is 1. The van der Waals surface area contributed by atoms with Crippen molar-refractivity contribution in [1.29, 1.82) is 0 Å². The SMILES string of the molecule is CC(C)c1ccc2c(c1)nc(N)c1[nH]c(CCCO)nc12. The van der Waals surface area contributed by atoms with Gasteiger partial charge in [0.25, 0.3) is 0 Å². The summed E-state index contributed by atoms with van der Waals surface area (Å²) in [7, 11) is 0. The molecule has 0 aliphatic rings. The van der Waals surface area contributed by atoms with Gasteiger partial charge in [-0.25, -0.2) is 9.97 Å². The first kappa shape index (κ1) is 13.8. The molecule has 110 valence electrons. The first-order valence-corrected chi connectivity index (χ1v) is 7.28. The van der Waals surface area contributed by atoms with Crippen molar-refractivity contribution in [2.45, 2.75) is 32.6 Å². The van der Waals surface area contributed by atoms with E-state index in [1.807, 2.05) is 0 Å². The summed E-state index contributed by atoms with van der Waals surface area (Å²) >= 11 is 0. The van der Waals surface area contributed by atoms with E-state index in [-0.39, 0.29) is 6.61 Å². The van der Waals surface area contributed by atoms with Crippen molar-refractivity contribution >= 4 is 27.8 Å². The lowest BCUT2D eigenvalue weighted by Gasteiger charge is -2.07. The normalized spacial score (nSPS) is 11.8. The molecule has 0 aliphatic heterocycles. The maximum atomic E-state index is 8.93. The van der Waals surface area contributed by atoms with Crippen LogP contribution in [0, 0.1) is 0 Å². The molecule has 2 heterocycles. The molecule has 5 nitrogen and oxygen atoms in total. The summed E-state index contributed by atoms with van der Waals surface area (Å²) in [6, 6.07) is 6.26. The van der Waals surface area contributed by atoms with Crippen molar-refractivity contribution in [2.24, 2.45) is 0 Å². The Hall–Kier alpha value is -2.14. The van der Waals surface area contributed by atoms with Crippen LogP contribution in [0.5, 0.6) is 0 Å². The van der Waals surface area contributed by atoms with E-state index in [2.05, 4.69) is 47.0 Å². The summed E-state index contributed by atoms with van der Waals surface area (Å²) in [5, 5.41) is 9.94. The molecule has 0 saturated carbocycles. The van der Waals surface area contributed by atoms with Gasteiger partial charge in [-0.1, -0.05) is 26.0 Å². The molecule has 0 aliphatic carbocycles. The molecule has 0 bridgehead atoms. The second-order valence-electron chi connectivity index (χ2n) is 5.66. The predicted molar refractivity (Wildman–Crippen MR) is 85.3 cm³/mol. The quantitative estimate of drug-likeness (QED) is 0.687. The van der Waals surface area contributed by atoms with E-state index in [4.69, 9.17) is 10.8 Å². The maximum absolute atomic E-state index is 8.93. The van der Waals surface area contributed by atoms with Crippen LogP contribution in [0.3, 0.4) is 0 Å². The number of fused-ring (bicyclic) bond motifs is 3. The van der Waals surface area contributed by atoms with Crippen LogP contribution >= 0.6 is 0 Å². The minimum atomic E-state index is 0.156. The summed E-state index contributed by atoms with van der Waals surface area (Å²) in [6.45, 7) is 4.47. The number of nitrogens with zero attached hydrogens (tertiary/aromatic N) is 2. The number of hydrogen-bond donors (Lipinski definition) is 3. The zero-order valence-electron chi connectivity index (χ0n) is 12.3. The number of aryl methyl sites for hydroxylation is 1. The molecule has 3 aromatic rings. The van der Waals surface area contributed by atoms with Crippen LogP contribution < -0.4 is 5.73 Å². The highest BCUT2D eigenvalue weighted by Crippen LogP contribution is 2.28. The number of benzene rings is 1. The first-order chi connectivity index (χ1) is 10.1. The van der Waals surface area contributed by atoms with E-state index in [1.165, 1.54) is 5.56 Å². The zero-order valence-corrected chi connectivity index (χ0v) is 12.3. The van der Waals surface area contributed by atoms with E-state index in [9.17, 15) is 0 Å². The third-order valence-electron chi connectivity index (χ3n) is 3.77. The van der Waals surface area contributed by atoms with Gasteiger partial charge >= 0.3 is 0 Å². The number of H-pyrrole nitrogens is 1. The Kier molecular flexibility index (Phi) is 3.51. The van der Waals surface area contributed by atoms with Crippen LogP contribution in [0.25, 0.3) is 21.9 Å². The molecule has 0 amide bonds. The number of aromatic nitrogens is 3. The lowest BCUT2D eigenvalue weighted by atomic mass is 10.0. The molecule has 4 N–H and O–H groups in total. The standard InChI is InChI=1S/C16H20N4O/c1-9(2)10-5-6-11-12(8-10)18-16(17)15-14(11)19-13(20-15)4-3-7-21/h5-6,8-9,21H,3-4,7H2,1-2H3,(H2,17,18)(H,19,20). The molecular weight excluding hydrogens is 264 g/mol. The van der Waals surface area contributed by atoms with Gasteiger partial charge in [0.1, 0.15) is 22.7 Å². The first-order valence-electron chi connectivity index (χ1n) is 7.28. The van der Waals surface area contributed by atoms with Crippen molar-refractivity contribution in [1.82, 2.24) is 15.0 Å². The van der Waals surface area contributed by atoms with Gasteiger partial charge in [-0.15, -0.1) is 0 Å². The van der Waals surface area contributed by atoms with Crippen LogP contribution in [0.15, 0.2) is 18.2 Å². The minimum Gasteiger partial charge on any atom is -0.396 e. The van der Waals surface area contributed by atoms with Crippen molar-refractivity contribution in [3.8, 4) is 0 Å². The number of aliphatic hydroxyl groups is 1. The highest BCUT2D eigenvalue weighted by atomic mass is 16.2. The van der Waals surface area contributed by atoms with Gasteiger partial charge in [0.15, 0.2) is 0 Å². The van der Waals surface area contributed by atoms with Crippen molar-refractivity contribution in [2.75, 3.05) is 12.3 Å². The van der Waals surface area contributed by atoms with Crippen LogP contribution in [-0.2, 0) is 6.42 Å². The zero-order chi connectivity index (χ0) is 15.0. The molecule has 0 fully saturated rings. The van der Waals surface area contributed by atoms with Gasteiger partial charge < -0.3 is 15.8 Å². The van der Waals surface area contributed by atoms with Gasteiger partial charge in [-0.3, -0.25) is 0 Å². The average Bonchev–Trinajstić information content (AvgIpc) is 2.89. The molecule has 3 rings (SSSR count). The fourth-order valence-corrected chi connectivity index (χ4v) is 2.55. The molecular formula is C16H20N4O. The van der Waals surface area contributed by atoms with E-state index in [0.717, 1.165) is 27.8 Å². The number of hydrogen-bond acceptors (Lipinski definition) is 4. The summed E-state index contributed by atoms with van der Waals surface area (Å²) in [6.07, 6.45) is 1.39. The van der Waals surface area contributed by atoms with E-state index < -0.39 is 0 Å². The third-order valence-corrected chi connectivity index (χ3v) is 3.77. The fourth-order valence-electron chi connectivity index (χ4n) is 2.55. The Morgan fingerprint density at radius 1 is 1.29 bits per heavy atom. The molecule has 2 aromatic heterocycles. The highest BCUT2D eigenvalue weighted by molar-refractivity contribution is 6.06. The Balaban J connectivity index is 2.19. The lowest BCUT2D eigenvalue weighted by molar-refractivity contribution is 0.287.